The highest BCUT2D eigenvalue weighted by Gasteiger charge is 2.35. The summed E-state index contributed by atoms with van der Waals surface area (Å²) in [4.78, 5) is 24.2. The number of hydrogen-bond acceptors (Lipinski definition) is 3. The van der Waals surface area contributed by atoms with Gasteiger partial charge in [0.05, 0.1) is 5.92 Å². The van der Waals surface area contributed by atoms with E-state index in [1.807, 2.05) is 11.8 Å². The van der Waals surface area contributed by atoms with Crippen LogP contribution in [0.2, 0.25) is 0 Å². The molecule has 0 spiro atoms. The average molecular weight is 243 g/mol. The Hall–Kier alpha value is -0.710. The maximum Gasteiger partial charge on any atom is 0.308 e. The fourth-order valence-corrected chi connectivity index (χ4v) is 3.63. The van der Waals surface area contributed by atoms with Crippen LogP contribution in [0.3, 0.4) is 0 Å². The van der Waals surface area contributed by atoms with Crippen LogP contribution in [0.4, 0.5) is 0 Å². The van der Waals surface area contributed by atoms with Crippen molar-refractivity contribution in [2.45, 2.75) is 30.9 Å². The van der Waals surface area contributed by atoms with Gasteiger partial charge in [0.15, 0.2) is 0 Å². The fourth-order valence-electron chi connectivity index (χ4n) is 2.31. The molecule has 0 saturated carbocycles. The molecule has 5 heteroatoms. The molecular weight excluding hydrogens is 226 g/mol. The van der Waals surface area contributed by atoms with Crippen LogP contribution in [0, 0.1) is 5.92 Å². The minimum absolute atomic E-state index is 0.0126. The molecule has 0 aliphatic carbocycles. The van der Waals surface area contributed by atoms with Crippen LogP contribution in [-0.4, -0.2) is 46.0 Å². The lowest BCUT2D eigenvalue weighted by molar-refractivity contribution is -0.141. The number of amides is 1. The van der Waals surface area contributed by atoms with Gasteiger partial charge in [-0.1, -0.05) is 6.42 Å². The Labute approximate surface area is 99.4 Å². The first-order chi connectivity index (χ1) is 7.66. The number of nitrogens with zero attached hydrogens (tertiary/aromatic N) is 1. The fraction of sp³-hybridized carbons (Fsp3) is 0.818. The smallest absolute Gasteiger partial charge is 0.308 e. The van der Waals surface area contributed by atoms with E-state index in [1.54, 1.807) is 4.90 Å². The Morgan fingerprint density at radius 3 is 2.88 bits per heavy atom. The lowest BCUT2D eigenvalue weighted by Gasteiger charge is -2.26. The molecule has 0 aromatic carbocycles. The molecule has 4 nitrogen and oxygen atoms in total. The van der Waals surface area contributed by atoms with Crippen molar-refractivity contribution in [3.05, 3.63) is 0 Å². The van der Waals surface area contributed by atoms with E-state index in [2.05, 4.69) is 0 Å². The van der Waals surface area contributed by atoms with E-state index in [1.165, 1.54) is 18.6 Å². The number of thioether (sulfide) groups is 1. The number of carbonyl (C=O) groups is 2. The summed E-state index contributed by atoms with van der Waals surface area (Å²) < 4.78 is 0. The highest BCUT2D eigenvalue weighted by molar-refractivity contribution is 7.99. The molecule has 0 aromatic rings. The van der Waals surface area contributed by atoms with E-state index in [0.717, 1.165) is 13.0 Å². The molecule has 0 aromatic heterocycles. The van der Waals surface area contributed by atoms with Gasteiger partial charge >= 0.3 is 5.97 Å². The summed E-state index contributed by atoms with van der Waals surface area (Å²) >= 11 is 1.92. The van der Waals surface area contributed by atoms with Crippen molar-refractivity contribution in [1.29, 1.82) is 0 Å². The molecule has 2 unspecified atom stereocenters. The van der Waals surface area contributed by atoms with E-state index >= 15 is 0 Å². The van der Waals surface area contributed by atoms with Gasteiger partial charge in [0.1, 0.15) is 0 Å². The Morgan fingerprint density at radius 2 is 2.31 bits per heavy atom. The first-order valence-electron chi connectivity index (χ1n) is 5.79. The Kier molecular flexibility index (Phi) is 3.74. The first kappa shape index (κ1) is 11.8. The van der Waals surface area contributed by atoms with Crippen molar-refractivity contribution in [3.8, 4) is 0 Å². The van der Waals surface area contributed by atoms with Crippen LogP contribution in [0.1, 0.15) is 25.7 Å². The van der Waals surface area contributed by atoms with E-state index in [0.29, 0.717) is 11.8 Å². The number of rotatable bonds is 3. The Bertz CT molecular complexity index is 289. The zero-order valence-corrected chi connectivity index (χ0v) is 10.0. The summed E-state index contributed by atoms with van der Waals surface area (Å²) in [6, 6.07) is 0. The van der Waals surface area contributed by atoms with Gasteiger partial charge in [0, 0.05) is 24.8 Å². The number of carbonyl (C=O) groups excluding carboxylic acids is 1. The second-order valence-electron chi connectivity index (χ2n) is 4.53. The normalized spacial score (nSPS) is 30.8. The number of aliphatic carboxylic acids is 1. The molecule has 2 heterocycles. The third-order valence-electron chi connectivity index (χ3n) is 3.26. The second kappa shape index (κ2) is 5.08. The molecule has 2 aliphatic heterocycles. The molecule has 2 atom stereocenters. The van der Waals surface area contributed by atoms with Gasteiger partial charge in [0.25, 0.3) is 0 Å². The van der Waals surface area contributed by atoms with Gasteiger partial charge < -0.3 is 10.0 Å². The van der Waals surface area contributed by atoms with E-state index in [-0.39, 0.29) is 12.3 Å². The second-order valence-corrected chi connectivity index (χ2v) is 5.93. The van der Waals surface area contributed by atoms with Crippen molar-refractivity contribution in [1.82, 2.24) is 4.90 Å². The lowest BCUT2D eigenvalue weighted by Crippen LogP contribution is -2.34. The highest BCUT2D eigenvalue weighted by Crippen LogP contribution is 2.28. The third kappa shape index (κ3) is 2.70. The highest BCUT2D eigenvalue weighted by atomic mass is 32.2. The SMILES string of the molecule is O=C(O)C1CC(=O)N(CC2CCCCS2)C1. The van der Waals surface area contributed by atoms with Gasteiger partial charge in [-0.2, -0.15) is 11.8 Å². The zero-order chi connectivity index (χ0) is 11.5. The summed E-state index contributed by atoms with van der Waals surface area (Å²) in [7, 11) is 0. The standard InChI is InChI=1S/C11H17NO3S/c13-10-5-8(11(14)15)6-12(10)7-9-3-1-2-4-16-9/h8-9H,1-7H2,(H,14,15). The average Bonchev–Trinajstić information content (AvgIpc) is 2.62. The minimum atomic E-state index is -0.841. The van der Waals surface area contributed by atoms with Crippen molar-refractivity contribution >= 4 is 23.6 Å². The monoisotopic (exact) mass is 243 g/mol. The summed E-state index contributed by atoms with van der Waals surface area (Å²) in [5, 5.41) is 9.39. The minimum Gasteiger partial charge on any atom is -0.481 e. The Balaban J connectivity index is 1.85. The van der Waals surface area contributed by atoms with Crippen molar-refractivity contribution in [2.24, 2.45) is 5.92 Å². The van der Waals surface area contributed by atoms with Crippen LogP contribution in [0.15, 0.2) is 0 Å². The van der Waals surface area contributed by atoms with Gasteiger partial charge in [0.2, 0.25) is 5.91 Å². The molecule has 0 radical (unpaired) electrons. The molecule has 2 rings (SSSR count). The summed E-state index contributed by atoms with van der Waals surface area (Å²) in [5.41, 5.74) is 0. The molecule has 90 valence electrons. The van der Waals surface area contributed by atoms with Crippen molar-refractivity contribution < 1.29 is 14.7 Å². The topological polar surface area (TPSA) is 57.6 Å². The largest absolute Gasteiger partial charge is 0.481 e. The van der Waals surface area contributed by atoms with Gasteiger partial charge in [-0.3, -0.25) is 9.59 Å². The third-order valence-corrected chi connectivity index (χ3v) is 4.64. The summed E-state index contributed by atoms with van der Waals surface area (Å²) in [6.07, 6.45) is 3.85. The van der Waals surface area contributed by atoms with Gasteiger partial charge in [-0.05, 0) is 18.6 Å². The first-order valence-corrected chi connectivity index (χ1v) is 6.84. The van der Waals surface area contributed by atoms with Crippen LogP contribution in [0.5, 0.6) is 0 Å². The number of carboxylic acids is 1. The van der Waals surface area contributed by atoms with E-state index in [9.17, 15) is 9.59 Å². The predicted molar refractivity (Wildman–Crippen MR) is 62.4 cm³/mol. The van der Waals surface area contributed by atoms with Crippen molar-refractivity contribution in [3.63, 3.8) is 0 Å². The van der Waals surface area contributed by atoms with Crippen LogP contribution in [-0.2, 0) is 9.59 Å². The maximum absolute atomic E-state index is 11.6. The molecule has 2 saturated heterocycles. The molecule has 16 heavy (non-hydrogen) atoms. The van der Waals surface area contributed by atoms with Gasteiger partial charge in [-0.15, -0.1) is 0 Å². The van der Waals surface area contributed by atoms with Crippen LogP contribution < -0.4 is 0 Å². The van der Waals surface area contributed by atoms with Crippen LogP contribution in [0.25, 0.3) is 0 Å². The molecule has 0 bridgehead atoms. The van der Waals surface area contributed by atoms with E-state index < -0.39 is 11.9 Å². The van der Waals surface area contributed by atoms with E-state index in [4.69, 9.17) is 5.11 Å². The maximum atomic E-state index is 11.6. The molecule has 1 N–H and O–H groups in total. The zero-order valence-electron chi connectivity index (χ0n) is 9.22. The molecule has 1 amide bonds. The number of hydrogen-bond donors (Lipinski definition) is 1. The number of likely N-dealkylation sites (tertiary alicyclic amines) is 1. The Morgan fingerprint density at radius 1 is 1.50 bits per heavy atom. The molecule has 2 aliphatic rings. The van der Waals surface area contributed by atoms with Crippen molar-refractivity contribution in [2.75, 3.05) is 18.8 Å². The lowest BCUT2D eigenvalue weighted by atomic mass is 10.1. The summed E-state index contributed by atoms with van der Waals surface area (Å²) in [6.45, 7) is 1.15. The number of carboxylic acid groups (broad SMARTS) is 1. The van der Waals surface area contributed by atoms with Gasteiger partial charge in [-0.25, -0.2) is 0 Å². The van der Waals surface area contributed by atoms with Crippen LogP contribution >= 0.6 is 11.8 Å². The molecule has 2 fully saturated rings. The molecular formula is C11H17NO3S. The summed E-state index contributed by atoms with van der Waals surface area (Å²) in [5.74, 6) is -0.137. The predicted octanol–water partition coefficient (Wildman–Crippen LogP) is 1.21. The quantitative estimate of drug-likeness (QED) is 0.809.